The minimum absolute atomic E-state index is 0.271. The number of aromatic nitrogens is 2. The summed E-state index contributed by atoms with van der Waals surface area (Å²) in [7, 11) is 2.04. The Kier molecular flexibility index (Phi) is 5.27. The maximum absolute atomic E-state index is 5.75. The number of nitrogens with zero attached hydrogens (tertiary/aromatic N) is 3. The molecule has 1 fully saturated rings. The fraction of sp³-hybridized carbons (Fsp3) is 0.812. The van der Waals surface area contributed by atoms with Crippen molar-refractivity contribution in [1.29, 1.82) is 0 Å². The van der Waals surface area contributed by atoms with Crippen LogP contribution >= 0.6 is 0 Å². The summed E-state index contributed by atoms with van der Waals surface area (Å²) in [5.74, 6) is 1.90. The lowest BCUT2D eigenvalue weighted by atomic mass is 10.1. The van der Waals surface area contributed by atoms with Crippen LogP contribution in [0, 0.1) is 12.8 Å². The molecule has 1 N–H and O–H groups in total. The quantitative estimate of drug-likeness (QED) is 0.903. The third kappa shape index (κ3) is 3.77. The molecule has 0 aliphatic carbocycles. The molecule has 0 aromatic carbocycles. The molecule has 1 aromatic heterocycles. The molecule has 120 valence electrons. The third-order valence-electron chi connectivity index (χ3n) is 4.05. The molecule has 2 unspecified atom stereocenters. The van der Waals surface area contributed by atoms with Crippen molar-refractivity contribution in [2.24, 2.45) is 13.0 Å². The zero-order valence-corrected chi connectivity index (χ0v) is 14.3. The van der Waals surface area contributed by atoms with E-state index in [1.807, 2.05) is 11.7 Å². The predicted molar refractivity (Wildman–Crippen MR) is 86.7 cm³/mol. The number of rotatable bonds is 5. The largest absolute Gasteiger partial charge is 0.375 e. The second-order valence-corrected chi connectivity index (χ2v) is 6.68. The van der Waals surface area contributed by atoms with Gasteiger partial charge < -0.3 is 15.0 Å². The third-order valence-corrected chi connectivity index (χ3v) is 4.05. The number of ether oxygens (including phenoxy) is 1. The van der Waals surface area contributed by atoms with Gasteiger partial charge in [-0.2, -0.15) is 5.10 Å². The van der Waals surface area contributed by atoms with Gasteiger partial charge in [0.15, 0.2) is 0 Å². The van der Waals surface area contributed by atoms with E-state index in [-0.39, 0.29) is 6.10 Å². The summed E-state index contributed by atoms with van der Waals surface area (Å²) < 4.78 is 7.78. The molecule has 2 heterocycles. The van der Waals surface area contributed by atoms with E-state index in [0.717, 1.165) is 31.9 Å². The molecule has 5 heteroatoms. The van der Waals surface area contributed by atoms with Crippen LogP contribution in [0.15, 0.2) is 0 Å². The summed E-state index contributed by atoms with van der Waals surface area (Å²) in [5, 5.41) is 8.19. The molecule has 5 nitrogen and oxygen atoms in total. The highest BCUT2D eigenvalue weighted by Crippen LogP contribution is 2.27. The second kappa shape index (κ2) is 6.79. The van der Waals surface area contributed by atoms with Gasteiger partial charge in [0.2, 0.25) is 0 Å². The number of aryl methyl sites for hydroxylation is 2. The normalized spacial score (nSPS) is 23.1. The van der Waals surface area contributed by atoms with Crippen LogP contribution < -0.4 is 10.2 Å². The Balaban J connectivity index is 2.21. The second-order valence-electron chi connectivity index (χ2n) is 6.68. The first kappa shape index (κ1) is 16.3. The smallest absolute Gasteiger partial charge is 0.131 e. The fourth-order valence-corrected chi connectivity index (χ4v) is 2.94. The molecule has 0 amide bonds. The summed E-state index contributed by atoms with van der Waals surface area (Å²) in [6.07, 6.45) is 0.271. The first-order chi connectivity index (χ1) is 9.90. The van der Waals surface area contributed by atoms with E-state index in [0.29, 0.717) is 12.0 Å². The van der Waals surface area contributed by atoms with Gasteiger partial charge in [-0.15, -0.1) is 0 Å². The maximum atomic E-state index is 5.75. The standard InChI is InChI=1S/C16H30N4O/c1-11(2)7-17-8-15-14(5)18-19(6)16(15)20-9-13(4)21-10-12(20)3/h11-13,17H,7-10H2,1-6H3. The average Bonchev–Trinajstić information content (AvgIpc) is 2.67. The summed E-state index contributed by atoms with van der Waals surface area (Å²) in [6, 6.07) is 0.389. The lowest BCUT2D eigenvalue weighted by Gasteiger charge is -2.38. The summed E-state index contributed by atoms with van der Waals surface area (Å²) >= 11 is 0. The lowest BCUT2D eigenvalue weighted by molar-refractivity contribution is 0.0337. The van der Waals surface area contributed by atoms with E-state index in [9.17, 15) is 0 Å². The highest BCUT2D eigenvalue weighted by molar-refractivity contribution is 5.51. The lowest BCUT2D eigenvalue weighted by Crippen LogP contribution is -2.48. The molecule has 1 aromatic rings. The SMILES string of the molecule is Cc1nn(C)c(N2CC(C)OCC2C)c1CNCC(C)C. The first-order valence-corrected chi connectivity index (χ1v) is 8.01. The number of hydrogen-bond donors (Lipinski definition) is 1. The van der Waals surface area contributed by atoms with Gasteiger partial charge in [-0.25, -0.2) is 0 Å². The van der Waals surface area contributed by atoms with Crippen molar-refractivity contribution in [2.75, 3.05) is 24.6 Å². The van der Waals surface area contributed by atoms with Crippen molar-refractivity contribution in [3.63, 3.8) is 0 Å². The van der Waals surface area contributed by atoms with Gasteiger partial charge in [-0.05, 0) is 33.2 Å². The minimum Gasteiger partial charge on any atom is -0.375 e. The Bertz CT molecular complexity index is 469. The molecule has 21 heavy (non-hydrogen) atoms. The predicted octanol–water partition coefficient (Wildman–Crippen LogP) is 2.09. The molecule has 2 rings (SSSR count). The summed E-state index contributed by atoms with van der Waals surface area (Å²) in [4.78, 5) is 2.44. The van der Waals surface area contributed by atoms with Crippen LogP contribution in [-0.4, -0.2) is 41.6 Å². The Morgan fingerprint density at radius 1 is 1.38 bits per heavy atom. The molecular formula is C16H30N4O. The van der Waals surface area contributed by atoms with Gasteiger partial charge in [0.1, 0.15) is 5.82 Å². The Morgan fingerprint density at radius 3 is 2.76 bits per heavy atom. The number of anilines is 1. The molecule has 0 spiro atoms. The highest BCUT2D eigenvalue weighted by atomic mass is 16.5. The van der Waals surface area contributed by atoms with E-state index in [4.69, 9.17) is 4.74 Å². The molecule has 2 atom stereocenters. The van der Waals surface area contributed by atoms with Crippen LogP contribution in [0.25, 0.3) is 0 Å². The summed E-state index contributed by atoms with van der Waals surface area (Å²) in [5.41, 5.74) is 2.44. The van der Waals surface area contributed by atoms with Gasteiger partial charge in [0.05, 0.1) is 24.4 Å². The topological polar surface area (TPSA) is 42.3 Å². The Morgan fingerprint density at radius 2 is 2.10 bits per heavy atom. The monoisotopic (exact) mass is 294 g/mol. The molecule has 1 aliphatic heterocycles. The molecule has 1 saturated heterocycles. The maximum Gasteiger partial charge on any atom is 0.131 e. The number of nitrogens with one attached hydrogen (secondary N) is 1. The number of morpholine rings is 1. The zero-order chi connectivity index (χ0) is 15.6. The molecular weight excluding hydrogens is 264 g/mol. The van der Waals surface area contributed by atoms with E-state index in [1.165, 1.54) is 11.4 Å². The average molecular weight is 294 g/mol. The van der Waals surface area contributed by atoms with Crippen LogP contribution in [0.2, 0.25) is 0 Å². The number of hydrogen-bond acceptors (Lipinski definition) is 4. The van der Waals surface area contributed by atoms with Crippen molar-refractivity contribution < 1.29 is 4.74 Å². The van der Waals surface area contributed by atoms with Gasteiger partial charge >= 0.3 is 0 Å². The van der Waals surface area contributed by atoms with Crippen LogP contribution in [0.1, 0.15) is 39.0 Å². The van der Waals surface area contributed by atoms with Crippen LogP contribution in [0.5, 0.6) is 0 Å². The van der Waals surface area contributed by atoms with E-state index in [2.05, 4.69) is 49.9 Å². The summed E-state index contributed by atoms with van der Waals surface area (Å²) in [6.45, 7) is 14.5. The van der Waals surface area contributed by atoms with Gasteiger partial charge in [-0.1, -0.05) is 13.8 Å². The van der Waals surface area contributed by atoms with Crippen LogP contribution in [0.4, 0.5) is 5.82 Å². The highest BCUT2D eigenvalue weighted by Gasteiger charge is 2.28. The van der Waals surface area contributed by atoms with Crippen LogP contribution in [-0.2, 0) is 18.3 Å². The fourth-order valence-electron chi connectivity index (χ4n) is 2.94. The van der Waals surface area contributed by atoms with Crippen molar-refractivity contribution in [3.8, 4) is 0 Å². The Labute approximate surface area is 128 Å². The Hall–Kier alpha value is -1.07. The van der Waals surface area contributed by atoms with Crippen molar-refractivity contribution in [1.82, 2.24) is 15.1 Å². The van der Waals surface area contributed by atoms with Gasteiger partial charge in [-0.3, -0.25) is 4.68 Å². The molecule has 0 bridgehead atoms. The van der Waals surface area contributed by atoms with E-state index < -0.39 is 0 Å². The molecule has 0 saturated carbocycles. The van der Waals surface area contributed by atoms with E-state index >= 15 is 0 Å². The van der Waals surface area contributed by atoms with E-state index in [1.54, 1.807) is 0 Å². The van der Waals surface area contributed by atoms with Crippen molar-refractivity contribution in [2.45, 2.75) is 53.3 Å². The van der Waals surface area contributed by atoms with Crippen molar-refractivity contribution in [3.05, 3.63) is 11.3 Å². The zero-order valence-electron chi connectivity index (χ0n) is 14.3. The minimum atomic E-state index is 0.271. The first-order valence-electron chi connectivity index (χ1n) is 8.01. The van der Waals surface area contributed by atoms with Gasteiger partial charge in [0.25, 0.3) is 0 Å². The van der Waals surface area contributed by atoms with Crippen LogP contribution in [0.3, 0.4) is 0 Å². The molecule has 1 aliphatic rings. The van der Waals surface area contributed by atoms with Gasteiger partial charge in [0, 0.05) is 25.7 Å². The van der Waals surface area contributed by atoms with Crippen molar-refractivity contribution >= 4 is 5.82 Å². The molecule has 0 radical (unpaired) electrons.